The van der Waals surface area contributed by atoms with E-state index >= 15 is 0 Å². The summed E-state index contributed by atoms with van der Waals surface area (Å²) in [6.45, 7) is 5.01. The summed E-state index contributed by atoms with van der Waals surface area (Å²) in [6.07, 6.45) is 1.06. The van der Waals surface area contributed by atoms with E-state index in [0.29, 0.717) is 34.4 Å². The molecule has 158 valence electrons. The molecule has 2 heterocycles. The summed E-state index contributed by atoms with van der Waals surface area (Å²) < 4.78 is 34.4. The van der Waals surface area contributed by atoms with Crippen molar-refractivity contribution in [3.63, 3.8) is 0 Å². The quantitative estimate of drug-likeness (QED) is 0.638. The van der Waals surface area contributed by atoms with Crippen molar-refractivity contribution >= 4 is 44.3 Å². The van der Waals surface area contributed by atoms with E-state index in [4.69, 9.17) is 20.8 Å². The second-order valence-corrected chi connectivity index (χ2v) is 10.00. The van der Waals surface area contributed by atoms with Crippen molar-refractivity contribution in [1.29, 1.82) is 0 Å². The van der Waals surface area contributed by atoms with Gasteiger partial charge in [-0.15, -0.1) is 0 Å². The van der Waals surface area contributed by atoms with E-state index < -0.39 is 34.4 Å². The van der Waals surface area contributed by atoms with E-state index in [1.54, 1.807) is 30.0 Å². The van der Waals surface area contributed by atoms with Crippen LogP contribution in [-0.2, 0) is 19.4 Å². The van der Waals surface area contributed by atoms with Crippen LogP contribution in [0.2, 0.25) is 5.02 Å². The number of fused-ring (bicyclic) bond motifs is 1. The number of nitrogens with zero attached hydrogens (tertiary/aromatic N) is 1. The van der Waals surface area contributed by atoms with Crippen molar-refractivity contribution in [3.8, 4) is 0 Å². The Bertz CT molecular complexity index is 1040. The van der Waals surface area contributed by atoms with Gasteiger partial charge in [0, 0.05) is 23.0 Å². The van der Waals surface area contributed by atoms with E-state index in [0.717, 1.165) is 0 Å². The monoisotopic (exact) mass is 441 g/mol. The van der Waals surface area contributed by atoms with Gasteiger partial charge in [-0.25, -0.2) is 13.2 Å². The fourth-order valence-electron chi connectivity index (χ4n) is 3.67. The zero-order valence-corrected chi connectivity index (χ0v) is 18.2. The Morgan fingerprint density at radius 3 is 2.69 bits per heavy atom. The minimum absolute atomic E-state index is 0.000524. The molecule has 2 aromatic rings. The number of carbonyl (C=O) groups is 2. The molecule has 0 aliphatic carbocycles. The summed E-state index contributed by atoms with van der Waals surface area (Å²) >= 11 is 6.11. The topological polar surface area (TPSA) is 93.9 Å². The summed E-state index contributed by atoms with van der Waals surface area (Å²) in [5.74, 6) is -1.17. The first-order valence-corrected chi connectivity index (χ1v) is 11.7. The Morgan fingerprint density at radius 1 is 1.38 bits per heavy atom. The molecule has 1 aromatic carbocycles. The highest BCUT2D eigenvalue weighted by Crippen LogP contribution is 2.31. The predicted molar refractivity (Wildman–Crippen MR) is 110 cm³/mol. The molecule has 7 nitrogen and oxygen atoms in total. The number of amides is 1. The Hall–Kier alpha value is -2.06. The SMILES string of the molecule is CCC(C)N(C(=O)COC(=O)c1oc2c(Cl)cccc2c1C)C1CCS(=O)(=O)C1. The summed E-state index contributed by atoms with van der Waals surface area (Å²) in [4.78, 5) is 26.8. The number of rotatable bonds is 6. The molecule has 1 amide bonds. The van der Waals surface area contributed by atoms with Crippen molar-refractivity contribution < 1.29 is 27.2 Å². The molecule has 1 aliphatic rings. The van der Waals surface area contributed by atoms with Crippen LogP contribution < -0.4 is 0 Å². The van der Waals surface area contributed by atoms with Crippen LogP contribution in [0, 0.1) is 6.92 Å². The molecule has 9 heteroatoms. The highest BCUT2D eigenvalue weighted by atomic mass is 35.5. The first-order chi connectivity index (χ1) is 13.6. The Morgan fingerprint density at radius 2 is 2.10 bits per heavy atom. The van der Waals surface area contributed by atoms with Crippen LogP contribution >= 0.6 is 11.6 Å². The van der Waals surface area contributed by atoms with Gasteiger partial charge in [-0.3, -0.25) is 4.79 Å². The van der Waals surface area contributed by atoms with Crippen LogP contribution in [0.4, 0.5) is 0 Å². The van der Waals surface area contributed by atoms with Crippen LogP contribution in [-0.4, -0.2) is 55.4 Å². The zero-order valence-electron chi connectivity index (χ0n) is 16.6. The number of aryl methyl sites for hydroxylation is 1. The van der Waals surface area contributed by atoms with Crippen LogP contribution in [0.15, 0.2) is 22.6 Å². The van der Waals surface area contributed by atoms with Gasteiger partial charge in [0.05, 0.1) is 16.5 Å². The number of benzene rings is 1. The van der Waals surface area contributed by atoms with Gasteiger partial charge >= 0.3 is 5.97 Å². The molecule has 0 radical (unpaired) electrons. The molecular weight excluding hydrogens is 418 g/mol. The number of furan rings is 1. The molecule has 0 N–H and O–H groups in total. The Labute approximate surface area is 174 Å². The van der Waals surface area contributed by atoms with E-state index in [9.17, 15) is 18.0 Å². The fraction of sp³-hybridized carbons (Fsp3) is 0.500. The van der Waals surface area contributed by atoms with Gasteiger partial charge in [0.2, 0.25) is 5.76 Å². The molecular formula is C20H24ClNO6S. The van der Waals surface area contributed by atoms with Crippen molar-refractivity contribution in [3.05, 3.63) is 34.5 Å². The number of hydrogen-bond acceptors (Lipinski definition) is 6. The highest BCUT2D eigenvalue weighted by Gasteiger charge is 2.37. The van der Waals surface area contributed by atoms with Gasteiger partial charge in [0.1, 0.15) is 0 Å². The molecule has 0 saturated carbocycles. The van der Waals surface area contributed by atoms with E-state index in [1.807, 2.05) is 13.8 Å². The molecule has 0 bridgehead atoms. The van der Waals surface area contributed by atoms with Gasteiger partial charge in [0.25, 0.3) is 5.91 Å². The second kappa shape index (κ2) is 8.36. The zero-order chi connectivity index (χ0) is 21.3. The maximum Gasteiger partial charge on any atom is 0.375 e. The van der Waals surface area contributed by atoms with Gasteiger partial charge in [-0.2, -0.15) is 0 Å². The highest BCUT2D eigenvalue weighted by molar-refractivity contribution is 7.91. The van der Waals surface area contributed by atoms with Gasteiger partial charge in [0.15, 0.2) is 22.0 Å². The first kappa shape index (κ1) is 21.6. The third kappa shape index (κ3) is 4.43. The fourth-order valence-corrected chi connectivity index (χ4v) is 5.60. The standard InChI is InChI=1S/C20H24ClNO6S/c1-4-12(2)22(14-8-9-29(25,26)11-14)17(23)10-27-20(24)18-13(3)15-6-5-7-16(21)19(15)28-18/h5-7,12,14H,4,8-11H2,1-3H3. The largest absolute Gasteiger partial charge is 0.450 e. The predicted octanol–water partition coefficient (Wildman–Crippen LogP) is 3.37. The molecule has 1 saturated heterocycles. The molecule has 0 spiro atoms. The molecule has 1 fully saturated rings. The van der Waals surface area contributed by atoms with E-state index in [2.05, 4.69) is 0 Å². The Kier molecular flexibility index (Phi) is 6.24. The molecule has 29 heavy (non-hydrogen) atoms. The minimum Gasteiger partial charge on any atom is -0.450 e. The number of ether oxygens (including phenoxy) is 1. The maximum absolute atomic E-state index is 12.8. The average molecular weight is 442 g/mol. The van der Waals surface area contributed by atoms with Crippen LogP contribution in [0.25, 0.3) is 11.0 Å². The maximum atomic E-state index is 12.8. The lowest BCUT2D eigenvalue weighted by Crippen LogP contribution is -2.48. The Balaban J connectivity index is 1.74. The summed E-state index contributed by atoms with van der Waals surface area (Å²) in [5.41, 5.74) is 0.975. The van der Waals surface area contributed by atoms with Crippen LogP contribution in [0.3, 0.4) is 0 Å². The molecule has 1 aliphatic heterocycles. The smallest absolute Gasteiger partial charge is 0.375 e. The van der Waals surface area contributed by atoms with E-state index in [-0.39, 0.29) is 23.3 Å². The van der Waals surface area contributed by atoms with E-state index in [1.165, 1.54) is 0 Å². The third-order valence-corrected chi connectivity index (χ3v) is 7.43. The van der Waals surface area contributed by atoms with Crippen molar-refractivity contribution in [2.75, 3.05) is 18.1 Å². The number of hydrogen-bond donors (Lipinski definition) is 0. The lowest BCUT2D eigenvalue weighted by atomic mass is 10.1. The lowest BCUT2D eigenvalue weighted by molar-refractivity contribution is -0.138. The van der Waals surface area contributed by atoms with Crippen molar-refractivity contribution in [1.82, 2.24) is 4.90 Å². The van der Waals surface area contributed by atoms with Crippen molar-refractivity contribution in [2.24, 2.45) is 0 Å². The first-order valence-electron chi connectivity index (χ1n) is 9.51. The molecule has 2 unspecified atom stereocenters. The third-order valence-electron chi connectivity index (χ3n) is 5.38. The normalized spacial score (nSPS) is 19.2. The van der Waals surface area contributed by atoms with Crippen LogP contribution in [0.1, 0.15) is 42.8 Å². The minimum atomic E-state index is -3.14. The number of halogens is 1. The summed E-state index contributed by atoms with van der Waals surface area (Å²) in [7, 11) is -3.14. The van der Waals surface area contributed by atoms with Gasteiger partial charge in [-0.05, 0) is 32.8 Å². The average Bonchev–Trinajstić information content (AvgIpc) is 3.20. The molecule has 2 atom stereocenters. The van der Waals surface area contributed by atoms with Gasteiger partial charge < -0.3 is 14.1 Å². The number of carbonyl (C=O) groups excluding carboxylic acids is 2. The summed E-state index contributed by atoms with van der Waals surface area (Å²) in [5, 5.41) is 1.08. The number of esters is 1. The molecule has 3 rings (SSSR count). The number of para-hydroxylation sites is 1. The second-order valence-electron chi connectivity index (χ2n) is 7.36. The van der Waals surface area contributed by atoms with Crippen LogP contribution in [0.5, 0.6) is 0 Å². The number of sulfone groups is 1. The van der Waals surface area contributed by atoms with Crippen molar-refractivity contribution in [2.45, 2.75) is 45.7 Å². The summed E-state index contributed by atoms with van der Waals surface area (Å²) in [6, 6.07) is 4.64. The van der Waals surface area contributed by atoms with Gasteiger partial charge in [-0.1, -0.05) is 30.7 Å². The lowest BCUT2D eigenvalue weighted by Gasteiger charge is -2.33. The molecule has 1 aromatic heterocycles.